The fraction of sp³-hybridized carbons (Fsp3) is 0.375. The quantitative estimate of drug-likeness (QED) is 0.786. The average molecular weight is 339 g/mol. The van der Waals surface area contributed by atoms with Gasteiger partial charge in [0.05, 0.1) is 6.54 Å². The topological polar surface area (TPSA) is 71.8 Å². The Kier molecular flexibility index (Phi) is 6.01. The molecule has 0 bridgehead atoms. The Morgan fingerprint density at radius 1 is 1.35 bits per heavy atom. The van der Waals surface area contributed by atoms with Gasteiger partial charge in [-0.3, -0.25) is 9.59 Å². The minimum Gasteiger partial charge on any atom is -0.451 e. The number of ether oxygens (including phenoxy) is 1. The Morgan fingerprint density at radius 3 is 2.87 bits per heavy atom. The van der Waals surface area contributed by atoms with Crippen molar-refractivity contribution in [2.24, 2.45) is 0 Å². The predicted octanol–water partition coefficient (Wildman–Crippen LogP) is 2.31. The molecule has 0 saturated heterocycles. The average Bonchev–Trinajstić information content (AvgIpc) is 2.93. The van der Waals surface area contributed by atoms with E-state index in [0.717, 1.165) is 11.8 Å². The fourth-order valence-corrected chi connectivity index (χ4v) is 2.28. The van der Waals surface area contributed by atoms with Gasteiger partial charge in [0.2, 0.25) is 5.91 Å². The van der Waals surface area contributed by atoms with Crippen molar-refractivity contribution < 1.29 is 18.7 Å². The number of hydrogen-bond donors (Lipinski definition) is 1. The lowest BCUT2D eigenvalue weighted by atomic mass is 10.2. The van der Waals surface area contributed by atoms with Crippen LogP contribution >= 0.6 is 11.6 Å². The van der Waals surface area contributed by atoms with Crippen LogP contribution in [0.5, 0.6) is 0 Å². The molecule has 1 aromatic heterocycles. The SMILES string of the molecule is COCCCNC(=O)CN(C)C(=O)c1cc2cc(Cl)ccc2o1. The highest BCUT2D eigenvalue weighted by Gasteiger charge is 2.19. The van der Waals surface area contributed by atoms with Crippen LogP contribution in [0.3, 0.4) is 0 Å². The minimum absolute atomic E-state index is 0.0381. The monoisotopic (exact) mass is 338 g/mol. The molecular formula is C16H19ClN2O4. The van der Waals surface area contributed by atoms with Gasteiger partial charge >= 0.3 is 0 Å². The van der Waals surface area contributed by atoms with Gasteiger partial charge in [-0.15, -0.1) is 0 Å². The number of likely N-dealkylation sites (N-methyl/N-ethyl adjacent to an activating group) is 1. The number of halogens is 1. The molecule has 1 N–H and O–H groups in total. The lowest BCUT2D eigenvalue weighted by Crippen LogP contribution is -2.38. The van der Waals surface area contributed by atoms with E-state index in [9.17, 15) is 9.59 Å². The first-order valence-electron chi connectivity index (χ1n) is 7.21. The smallest absolute Gasteiger partial charge is 0.289 e. The first-order valence-corrected chi connectivity index (χ1v) is 7.59. The summed E-state index contributed by atoms with van der Waals surface area (Å²) in [5, 5.41) is 4.05. The Hall–Kier alpha value is -2.05. The van der Waals surface area contributed by atoms with Gasteiger partial charge < -0.3 is 19.4 Å². The molecule has 2 amide bonds. The third-order valence-corrected chi connectivity index (χ3v) is 3.50. The summed E-state index contributed by atoms with van der Waals surface area (Å²) in [5.41, 5.74) is 0.579. The Balaban J connectivity index is 1.94. The van der Waals surface area contributed by atoms with Crippen LogP contribution in [-0.2, 0) is 9.53 Å². The summed E-state index contributed by atoms with van der Waals surface area (Å²) in [6.07, 6.45) is 0.726. The van der Waals surface area contributed by atoms with Crippen LogP contribution in [0.15, 0.2) is 28.7 Å². The zero-order chi connectivity index (χ0) is 16.8. The summed E-state index contributed by atoms with van der Waals surface area (Å²) < 4.78 is 10.4. The van der Waals surface area contributed by atoms with Gasteiger partial charge in [-0.25, -0.2) is 0 Å². The molecule has 0 aliphatic heterocycles. The highest BCUT2D eigenvalue weighted by molar-refractivity contribution is 6.31. The van der Waals surface area contributed by atoms with E-state index >= 15 is 0 Å². The molecule has 7 heteroatoms. The summed E-state index contributed by atoms with van der Waals surface area (Å²) >= 11 is 5.91. The lowest BCUT2D eigenvalue weighted by molar-refractivity contribution is -0.121. The normalized spacial score (nSPS) is 10.7. The molecular weight excluding hydrogens is 320 g/mol. The van der Waals surface area contributed by atoms with E-state index in [-0.39, 0.29) is 24.1 Å². The molecule has 0 atom stereocenters. The molecule has 0 radical (unpaired) electrons. The van der Waals surface area contributed by atoms with Crippen molar-refractivity contribution in [2.75, 3.05) is 33.9 Å². The van der Waals surface area contributed by atoms with Gasteiger partial charge in [-0.05, 0) is 30.7 Å². The molecule has 1 aromatic carbocycles. The highest BCUT2D eigenvalue weighted by Crippen LogP contribution is 2.23. The van der Waals surface area contributed by atoms with Crippen molar-refractivity contribution >= 4 is 34.4 Å². The van der Waals surface area contributed by atoms with Crippen LogP contribution in [0.4, 0.5) is 0 Å². The molecule has 0 saturated carbocycles. The van der Waals surface area contributed by atoms with E-state index in [1.807, 2.05) is 0 Å². The molecule has 2 aromatic rings. The van der Waals surface area contributed by atoms with Gasteiger partial charge in [0.25, 0.3) is 5.91 Å². The summed E-state index contributed by atoms with van der Waals surface area (Å²) in [5.74, 6) is -0.405. The maximum Gasteiger partial charge on any atom is 0.289 e. The number of hydrogen-bond acceptors (Lipinski definition) is 4. The number of amides is 2. The first-order chi connectivity index (χ1) is 11.0. The first kappa shape index (κ1) is 17.3. The van der Waals surface area contributed by atoms with E-state index in [4.69, 9.17) is 20.8 Å². The van der Waals surface area contributed by atoms with Gasteiger partial charge in [0.1, 0.15) is 5.58 Å². The molecule has 0 fully saturated rings. The maximum atomic E-state index is 12.3. The van der Waals surface area contributed by atoms with Crippen molar-refractivity contribution in [1.82, 2.24) is 10.2 Å². The number of furan rings is 1. The van der Waals surface area contributed by atoms with Crippen LogP contribution in [0.2, 0.25) is 5.02 Å². The van der Waals surface area contributed by atoms with E-state index in [1.54, 1.807) is 38.4 Å². The van der Waals surface area contributed by atoms with Gasteiger partial charge in [-0.2, -0.15) is 0 Å². The van der Waals surface area contributed by atoms with Crippen molar-refractivity contribution in [3.05, 3.63) is 35.0 Å². The second-order valence-electron chi connectivity index (χ2n) is 5.15. The number of carbonyl (C=O) groups excluding carboxylic acids is 2. The summed E-state index contributed by atoms with van der Waals surface area (Å²) in [4.78, 5) is 25.4. The number of methoxy groups -OCH3 is 1. The number of nitrogens with zero attached hydrogens (tertiary/aromatic N) is 1. The summed E-state index contributed by atoms with van der Waals surface area (Å²) in [7, 11) is 3.16. The number of carbonyl (C=O) groups is 2. The summed E-state index contributed by atoms with van der Waals surface area (Å²) in [6.45, 7) is 1.05. The summed E-state index contributed by atoms with van der Waals surface area (Å²) in [6, 6.07) is 6.74. The molecule has 0 aliphatic carbocycles. The Bertz CT molecular complexity index is 698. The zero-order valence-electron chi connectivity index (χ0n) is 13.1. The number of nitrogens with one attached hydrogen (secondary N) is 1. The highest BCUT2D eigenvalue weighted by atomic mass is 35.5. The predicted molar refractivity (Wildman–Crippen MR) is 87.7 cm³/mol. The van der Waals surface area contributed by atoms with Gasteiger partial charge in [0.15, 0.2) is 5.76 Å². The van der Waals surface area contributed by atoms with Gasteiger partial charge in [-0.1, -0.05) is 11.6 Å². The minimum atomic E-state index is -0.357. The molecule has 0 unspecified atom stereocenters. The largest absolute Gasteiger partial charge is 0.451 e. The van der Waals surface area contributed by atoms with Crippen LogP contribution < -0.4 is 5.32 Å². The van der Waals surface area contributed by atoms with Crippen molar-refractivity contribution in [3.8, 4) is 0 Å². The van der Waals surface area contributed by atoms with Crippen molar-refractivity contribution in [1.29, 1.82) is 0 Å². The number of rotatable bonds is 7. The van der Waals surface area contributed by atoms with Crippen LogP contribution in [-0.4, -0.2) is 50.6 Å². The standard InChI is InChI=1S/C16H19ClN2O4/c1-19(10-15(20)18-6-3-7-22-2)16(21)14-9-11-8-12(17)4-5-13(11)23-14/h4-5,8-9H,3,6-7,10H2,1-2H3,(H,18,20). The molecule has 23 heavy (non-hydrogen) atoms. The third-order valence-electron chi connectivity index (χ3n) is 3.26. The van der Waals surface area contributed by atoms with Crippen LogP contribution in [0.25, 0.3) is 11.0 Å². The second kappa shape index (κ2) is 7.99. The molecule has 0 spiro atoms. The van der Waals surface area contributed by atoms with Crippen LogP contribution in [0, 0.1) is 0 Å². The lowest BCUT2D eigenvalue weighted by Gasteiger charge is -2.15. The van der Waals surface area contributed by atoms with E-state index in [0.29, 0.717) is 23.8 Å². The van der Waals surface area contributed by atoms with Crippen molar-refractivity contribution in [3.63, 3.8) is 0 Å². The molecule has 124 valence electrons. The number of benzene rings is 1. The van der Waals surface area contributed by atoms with Gasteiger partial charge in [0, 0.05) is 37.7 Å². The fourth-order valence-electron chi connectivity index (χ4n) is 2.10. The molecule has 2 rings (SSSR count). The Labute approximate surface area is 139 Å². The number of fused-ring (bicyclic) bond motifs is 1. The molecule has 6 nitrogen and oxygen atoms in total. The zero-order valence-corrected chi connectivity index (χ0v) is 13.9. The van der Waals surface area contributed by atoms with E-state index in [1.165, 1.54) is 4.90 Å². The van der Waals surface area contributed by atoms with E-state index < -0.39 is 0 Å². The third kappa shape index (κ3) is 4.71. The Morgan fingerprint density at radius 2 is 2.13 bits per heavy atom. The maximum absolute atomic E-state index is 12.3. The van der Waals surface area contributed by atoms with Crippen LogP contribution in [0.1, 0.15) is 17.0 Å². The second-order valence-corrected chi connectivity index (χ2v) is 5.59. The molecule has 1 heterocycles. The van der Waals surface area contributed by atoms with E-state index in [2.05, 4.69) is 5.32 Å². The van der Waals surface area contributed by atoms with Crippen molar-refractivity contribution in [2.45, 2.75) is 6.42 Å². The molecule has 0 aliphatic rings.